The molecule has 1 aromatic heterocycles. The maximum absolute atomic E-state index is 11.8. The molecule has 26 heavy (non-hydrogen) atoms. The molecule has 0 atom stereocenters. The second kappa shape index (κ2) is 7.97. The van der Waals surface area contributed by atoms with Crippen LogP contribution in [-0.2, 0) is 11.3 Å². The maximum atomic E-state index is 11.8. The highest BCUT2D eigenvalue weighted by Crippen LogP contribution is 2.40. The van der Waals surface area contributed by atoms with Gasteiger partial charge in [0, 0.05) is 25.3 Å². The van der Waals surface area contributed by atoms with Gasteiger partial charge in [0.25, 0.3) is 0 Å². The first kappa shape index (κ1) is 18.4. The second-order valence-corrected chi connectivity index (χ2v) is 9.93. The molecule has 0 radical (unpaired) electrons. The molecular weight excluding hydrogens is 344 g/mol. The number of hydrogen-bond acceptors (Lipinski definition) is 4. The van der Waals surface area contributed by atoms with Crippen LogP contribution in [-0.4, -0.2) is 47.6 Å². The van der Waals surface area contributed by atoms with Crippen molar-refractivity contribution in [2.75, 3.05) is 26.7 Å². The van der Waals surface area contributed by atoms with E-state index in [2.05, 4.69) is 17.0 Å². The van der Waals surface area contributed by atoms with Crippen LogP contribution < -0.4 is 0 Å². The molecule has 0 N–H and O–H groups in total. The summed E-state index contributed by atoms with van der Waals surface area (Å²) in [5.74, 6) is 1.42. The summed E-state index contributed by atoms with van der Waals surface area (Å²) >= 11 is 1.94. The zero-order valence-electron chi connectivity index (χ0n) is 16.0. The molecule has 4 rings (SSSR count). The van der Waals surface area contributed by atoms with Gasteiger partial charge in [0.1, 0.15) is 5.76 Å². The molecule has 1 amide bonds. The van der Waals surface area contributed by atoms with Crippen molar-refractivity contribution in [1.29, 1.82) is 0 Å². The van der Waals surface area contributed by atoms with Crippen molar-refractivity contribution >= 4 is 17.7 Å². The molecule has 4 nitrogen and oxygen atoms in total. The van der Waals surface area contributed by atoms with E-state index in [1.807, 2.05) is 23.7 Å². The molecule has 1 saturated carbocycles. The van der Waals surface area contributed by atoms with E-state index in [4.69, 9.17) is 4.42 Å². The molecule has 1 aliphatic carbocycles. The van der Waals surface area contributed by atoms with Crippen molar-refractivity contribution in [2.45, 2.75) is 74.7 Å². The van der Waals surface area contributed by atoms with Crippen LogP contribution in [0.2, 0.25) is 0 Å². The van der Waals surface area contributed by atoms with E-state index >= 15 is 0 Å². The first-order chi connectivity index (χ1) is 12.6. The molecule has 1 aromatic rings. The summed E-state index contributed by atoms with van der Waals surface area (Å²) in [4.78, 5) is 16.2. The molecule has 2 aliphatic heterocycles. The third-order valence-corrected chi connectivity index (χ3v) is 7.89. The number of piperidine rings is 2. The van der Waals surface area contributed by atoms with Crippen molar-refractivity contribution < 1.29 is 9.21 Å². The monoisotopic (exact) mass is 376 g/mol. The Balaban J connectivity index is 1.26. The average Bonchev–Trinajstić information content (AvgIpc) is 3.08. The van der Waals surface area contributed by atoms with Gasteiger partial charge in [0.15, 0.2) is 5.09 Å². The van der Waals surface area contributed by atoms with Gasteiger partial charge >= 0.3 is 0 Å². The number of amides is 1. The number of nitrogens with zero attached hydrogens (tertiary/aromatic N) is 2. The fraction of sp³-hybridized carbons (Fsp3) is 0.762. The smallest absolute Gasteiger partial charge is 0.222 e. The van der Waals surface area contributed by atoms with Crippen LogP contribution in [0.1, 0.15) is 63.5 Å². The summed E-state index contributed by atoms with van der Waals surface area (Å²) in [5, 5.41) is 1.86. The lowest BCUT2D eigenvalue weighted by molar-refractivity contribution is -0.137. The van der Waals surface area contributed by atoms with Crippen molar-refractivity contribution in [3.8, 4) is 0 Å². The second-order valence-electron chi connectivity index (χ2n) is 8.62. The summed E-state index contributed by atoms with van der Waals surface area (Å²) in [6.07, 6.45) is 11.1. The minimum Gasteiger partial charge on any atom is -0.454 e. The number of thioether (sulfide) groups is 1. The molecule has 0 aromatic carbocycles. The fourth-order valence-corrected chi connectivity index (χ4v) is 6.10. The minimum atomic E-state index is 0.316. The third kappa shape index (κ3) is 4.30. The Hall–Kier alpha value is -0.940. The Morgan fingerprint density at radius 2 is 1.92 bits per heavy atom. The highest BCUT2D eigenvalue weighted by molar-refractivity contribution is 7.99. The Morgan fingerprint density at radius 3 is 2.65 bits per heavy atom. The van der Waals surface area contributed by atoms with Crippen LogP contribution >= 0.6 is 11.8 Å². The summed E-state index contributed by atoms with van der Waals surface area (Å²) in [6.45, 7) is 4.11. The zero-order chi connectivity index (χ0) is 18.0. The standard InChI is InChI=1S/C21H32N2O2S/c1-22-16-21(10-9-19(22)24)11-13-23(14-12-21)15-17-7-8-20(25-17)26-18-5-3-2-4-6-18/h7-8,18H,2-6,9-16H2,1H3. The van der Waals surface area contributed by atoms with E-state index in [0.29, 0.717) is 11.3 Å². The lowest BCUT2D eigenvalue weighted by Crippen LogP contribution is -2.50. The van der Waals surface area contributed by atoms with Crippen molar-refractivity contribution in [3.63, 3.8) is 0 Å². The molecule has 3 aliphatic rings. The Labute approximate surface area is 161 Å². The Bertz CT molecular complexity index is 615. The lowest BCUT2D eigenvalue weighted by atomic mass is 9.72. The number of carbonyl (C=O) groups excluding carboxylic acids is 1. The van der Waals surface area contributed by atoms with Crippen LogP contribution in [0.5, 0.6) is 0 Å². The minimum absolute atomic E-state index is 0.316. The van der Waals surface area contributed by atoms with Gasteiger partial charge in [0.2, 0.25) is 5.91 Å². The average molecular weight is 377 g/mol. The number of rotatable bonds is 4. The first-order valence-electron chi connectivity index (χ1n) is 10.3. The van der Waals surface area contributed by atoms with Crippen molar-refractivity contribution in [1.82, 2.24) is 9.80 Å². The Morgan fingerprint density at radius 1 is 1.15 bits per heavy atom. The van der Waals surface area contributed by atoms with Gasteiger partial charge in [-0.05, 0) is 62.7 Å². The highest BCUT2D eigenvalue weighted by atomic mass is 32.2. The summed E-state index contributed by atoms with van der Waals surface area (Å²) in [6, 6.07) is 4.34. The van der Waals surface area contributed by atoms with E-state index in [0.717, 1.165) is 55.1 Å². The van der Waals surface area contributed by atoms with Crippen molar-refractivity contribution in [3.05, 3.63) is 17.9 Å². The zero-order valence-corrected chi connectivity index (χ0v) is 16.9. The topological polar surface area (TPSA) is 36.7 Å². The quantitative estimate of drug-likeness (QED) is 0.773. The third-order valence-electron chi connectivity index (χ3n) is 6.64. The first-order valence-corrected chi connectivity index (χ1v) is 11.2. The van der Waals surface area contributed by atoms with Crippen LogP contribution in [0, 0.1) is 5.41 Å². The van der Waals surface area contributed by atoms with E-state index in [-0.39, 0.29) is 0 Å². The van der Waals surface area contributed by atoms with Gasteiger partial charge in [-0.1, -0.05) is 31.0 Å². The van der Waals surface area contributed by atoms with E-state index in [1.165, 1.54) is 44.9 Å². The summed E-state index contributed by atoms with van der Waals surface area (Å²) in [5.41, 5.74) is 0.365. The molecule has 3 fully saturated rings. The van der Waals surface area contributed by atoms with Gasteiger partial charge in [-0.2, -0.15) is 0 Å². The van der Waals surface area contributed by atoms with Gasteiger partial charge in [-0.25, -0.2) is 0 Å². The normalized spacial score (nSPS) is 25.1. The van der Waals surface area contributed by atoms with Gasteiger partial charge in [-0.3, -0.25) is 9.69 Å². The predicted molar refractivity (Wildman–Crippen MR) is 105 cm³/mol. The molecule has 0 unspecified atom stereocenters. The van der Waals surface area contributed by atoms with Crippen molar-refractivity contribution in [2.24, 2.45) is 5.41 Å². The molecule has 0 bridgehead atoms. The van der Waals surface area contributed by atoms with E-state index in [1.54, 1.807) is 0 Å². The van der Waals surface area contributed by atoms with Crippen LogP contribution in [0.3, 0.4) is 0 Å². The highest BCUT2D eigenvalue weighted by Gasteiger charge is 2.39. The van der Waals surface area contributed by atoms with E-state index in [9.17, 15) is 4.79 Å². The van der Waals surface area contributed by atoms with E-state index < -0.39 is 0 Å². The number of hydrogen-bond donors (Lipinski definition) is 0. The SMILES string of the molecule is CN1CC2(CCC1=O)CCN(Cc1ccc(SC3CCCCC3)o1)CC2. The van der Waals surface area contributed by atoms with Crippen LogP contribution in [0.4, 0.5) is 0 Å². The molecular formula is C21H32N2O2S. The Kier molecular flexibility index (Phi) is 5.65. The van der Waals surface area contributed by atoms with Gasteiger partial charge in [0.05, 0.1) is 6.54 Å². The summed E-state index contributed by atoms with van der Waals surface area (Å²) < 4.78 is 6.13. The maximum Gasteiger partial charge on any atom is 0.222 e. The molecule has 5 heteroatoms. The predicted octanol–water partition coefficient (Wildman–Crippen LogP) is 4.54. The van der Waals surface area contributed by atoms with Crippen LogP contribution in [0.25, 0.3) is 0 Å². The number of carbonyl (C=O) groups is 1. The van der Waals surface area contributed by atoms with Gasteiger partial charge < -0.3 is 9.32 Å². The van der Waals surface area contributed by atoms with Crippen LogP contribution in [0.15, 0.2) is 21.6 Å². The molecule has 1 spiro atoms. The van der Waals surface area contributed by atoms with Gasteiger partial charge in [-0.15, -0.1) is 0 Å². The molecule has 3 heterocycles. The summed E-state index contributed by atoms with van der Waals surface area (Å²) in [7, 11) is 1.96. The lowest BCUT2D eigenvalue weighted by Gasteiger charge is -2.46. The largest absolute Gasteiger partial charge is 0.454 e. The number of furan rings is 1. The molecule has 2 saturated heterocycles. The fourth-order valence-electron chi connectivity index (χ4n) is 4.90. The molecule has 144 valence electrons. The number of likely N-dealkylation sites (tertiary alicyclic amines) is 2.